The van der Waals surface area contributed by atoms with Gasteiger partial charge in [0.1, 0.15) is 11.0 Å². The summed E-state index contributed by atoms with van der Waals surface area (Å²) in [6.07, 6.45) is 12.9. The van der Waals surface area contributed by atoms with Crippen LogP contribution in [0, 0.1) is 5.92 Å². The number of hydrogen-bond acceptors (Lipinski definition) is 7. The van der Waals surface area contributed by atoms with E-state index >= 15 is 0 Å². The van der Waals surface area contributed by atoms with Crippen LogP contribution in [-0.2, 0) is 6.54 Å². The Morgan fingerprint density at radius 3 is 2.76 bits per heavy atom. The van der Waals surface area contributed by atoms with Crippen molar-refractivity contribution in [2.24, 2.45) is 5.92 Å². The zero-order valence-electron chi connectivity index (χ0n) is 20.2. The zero-order chi connectivity index (χ0) is 24.6. The number of H-pyrrole nitrogens is 2. The number of hydrogen-bond donors (Lipinski definition) is 3. The Morgan fingerprint density at radius 1 is 0.946 bits per heavy atom. The van der Waals surface area contributed by atoms with Gasteiger partial charge in [0.25, 0.3) is 0 Å². The van der Waals surface area contributed by atoms with E-state index in [0.29, 0.717) is 11.5 Å². The van der Waals surface area contributed by atoms with E-state index in [4.69, 9.17) is 9.97 Å². The van der Waals surface area contributed by atoms with Gasteiger partial charge in [0.2, 0.25) is 0 Å². The van der Waals surface area contributed by atoms with E-state index in [1.165, 1.54) is 25.7 Å². The van der Waals surface area contributed by atoms with E-state index in [2.05, 4.69) is 48.0 Å². The van der Waals surface area contributed by atoms with Crippen molar-refractivity contribution in [3.63, 3.8) is 0 Å². The fourth-order valence-corrected chi connectivity index (χ4v) is 5.98. The summed E-state index contributed by atoms with van der Waals surface area (Å²) in [5.41, 5.74) is 8.08. The minimum atomic E-state index is 0.666. The molecule has 1 aliphatic rings. The first-order chi connectivity index (χ1) is 18.3. The van der Waals surface area contributed by atoms with Crippen LogP contribution in [0.5, 0.6) is 0 Å². The Morgan fingerprint density at radius 2 is 1.86 bits per heavy atom. The van der Waals surface area contributed by atoms with E-state index in [-0.39, 0.29) is 0 Å². The quantitative estimate of drug-likeness (QED) is 0.246. The predicted molar refractivity (Wildman–Crippen MR) is 147 cm³/mol. The molecule has 0 atom stereocenters. The molecule has 0 aliphatic heterocycles. The summed E-state index contributed by atoms with van der Waals surface area (Å²) < 4.78 is 0. The van der Waals surface area contributed by atoms with Gasteiger partial charge in [-0.25, -0.2) is 9.97 Å². The average Bonchev–Trinajstić information content (AvgIpc) is 3.74. The van der Waals surface area contributed by atoms with Gasteiger partial charge in [-0.15, -0.1) is 11.3 Å². The minimum Gasteiger partial charge on any atom is -0.335 e. The van der Waals surface area contributed by atoms with Crippen molar-refractivity contribution in [3.8, 4) is 33.2 Å². The third-order valence-electron chi connectivity index (χ3n) is 7.14. The topological polar surface area (TPSA) is 108 Å². The summed E-state index contributed by atoms with van der Waals surface area (Å²) >= 11 is 1.67. The molecule has 0 saturated heterocycles. The van der Waals surface area contributed by atoms with Crippen molar-refractivity contribution in [1.82, 2.24) is 40.4 Å². The molecule has 1 aliphatic carbocycles. The van der Waals surface area contributed by atoms with Crippen LogP contribution >= 0.6 is 11.3 Å². The van der Waals surface area contributed by atoms with Gasteiger partial charge in [-0.3, -0.25) is 15.1 Å². The summed E-state index contributed by atoms with van der Waals surface area (Å²) in [6, 6.07) is 10.3. The molecule has 9 heteroatoms. The van der Waals surface area contributed by atoms with Gasteiger partial charge in [-0.2, -0.15) is 5.10 Å². The number of thiophene rings is 1. The fourth-order valence-electron chi connectivity index (χ4n) is 5.24. The molecule has 1 saturated carbocycles. The smallest absolute Gasteiger partial charge is 0.161 e. The van der Waals surface area contributed by atoms with Crippen LogP contribution < -0.4 is 5.32 Å². The van der Waals surface area contributed by atoms with Gasteiger partial charge in [0.15, 0.2) is 11.5 Å². The van der Waals surface area contributed by atoms with Crippen LogP contribution in [0.15, 0.2) is 60.5 Å². The maximum atomic E-state index is 4.98. The third-order valence-corrected chi connectivity index (χ3v) is 8.04. The molecule has 0 unspecified atom stereocenters. The zero-order valence-corrected chi connectivity index (χ0v) is 21.1. The summed E-state index contributed by atoms with van der Waals surface area (Å²) in [4.78, 5) is 23.3. The minimum absolute atomic E-state index is 0.666. The standard InChI is InChI=1S/C28H26N8S/c1-2-5-17(4-1)11-29-12-18-10-19(14-30-13-18)21-7-8-22-26(32-21)27(36-35-22)28-33-23-16-31-15-20(25(23)34-28)24-6-3-9-37-24/h3,6-10,13-17,29H,1-2,4-5,11-12H2,(H,33,34)(H,35,36). The van der Waals surface area contributed by atoms with Crippen molar-refractivity contribution in [2.45, 2.75) is 32.2 Å². The molecular formula is C28H26N8S. The van der Waals surface area contributed by atoms with Crippen molar-refractivity contribution in [3.05, 3.63) is 66.1 Å². The molecule has 184 valence electrons. The molecule has 0 radical (unpaired) electrons. The Kier molecular flexibility index (Phi) is 5.71. The van der Waals surface area contributed by atoms with Crippen LogP contribution in [0.2, 0.25) is 0 Å². The summed E-state index contributed by atoms with van der Waals surface area (Å²) in [5.74, 6) is 1.48. The first-order valence-electron chi connectivity index (χ1n) is 12.7. The SMILES string of the molecule is c1csc(-c2cncc3[nH]c(-c4n[nH]c5ccc(-c6cncc(CNCC7CCCC7)c6)nc45)nc23)c1. The number of pyridine rings is 3. The molecule has 6 aromatic rings. The maximum Gasteiger partial charge on any atom is 0.161 e. The van der Waals surface area contributed by atoms with E-state index in [1.54, 1.807) is 17.5 Å². The van der Waals surface area contributed by atoms with E-state index < -0.39 is 0 Å². The number of nitrogens with zero attached hydrogens (tertiary/aromatic N) is 5. The van der Waals surface area contributed by atoms with Crippen LogP contribution in [0.4, 0.5) is 0 Å². The lowest BCUT2D eigenvalue weighted by atomic mass is 10.1. The average molecular weight is 507 g/mol. The second-order valence-corrected chi connectivity index (χ2v) is 10.6. The molecular weight excluding hydrogens is 480 g/mol. The van der Waals surface area contributed by atoms with Crippen molar-refractivity contribution >= 4 is 33.4 Å². The van der Waals surface area contributed by atoms with Gasteiger partial charge < -0.3 is 10.3 Å². The highest BCUT2D eigenvalue weighted by atomic mass is 32.1. The maximum absolute atomic E-state index is 4.98. The Hall–Kier alpha value is -3.95. The molecule has 0 aromatic carbocycles. The van der Waals surface area contributed by atoms with E-state index in [9.17, 15) is 0 Å². The molecule has 0 spiro atoms. The van der Waals surface area contributed by atoms with Crippen LogP contribution in [0.25, 0.3) is 55.3 Å². The highest BCUT2D eigenvalue weighted by Crippen LogP contribution is 2.33. The number of aromatic nitrogens is 7. The summed E-state index contributed by atoms with van der Waals surface area (Å²) in [6.45, 7) is 1.89. The van der Waals surface area contributed by atoms with Crippen LogP contribution in [0.1, 0.15) is 31.2 Å². The normalized spacial score (nSPS) is 14.3. The van der Waals surface area contributed by atoms with Gasteiger partial charge in [0.05, 0.1) is 22.9 Å². The number of rotatable bonds is 7. The molecule has 6 heterocycles. The lowest BCUT2D eigenvalue weighted by Gasteiger charge is -2.11. The molecule has 0 bridgehead atoms. The summed E-state index contributed by atoms with van der Waals surface area (Å²) in [7, 11) is 0. The van der Waals surface area contributed by atoms with Gasteiger partial charge in [-0.05, 0) is 60.5 Å². The fraction of sp³-hybridized carbons (Fsp3) is 0.250. The van der Waals surface area contributed by atoms with Crippen LogP contribution in [-0.4, -0.2) is 41.7 Å². The van der Waals surface area contributed by atoms with Crippen LogP contribution in [0.3, 0.4) is 0 Å². The molecule has 1 fully saturated rings. The molecule has 37 heavy (non-hydrogen) atoms. The number of aromatic amines is 2. The van der Waals surface area contributed by atoms with Gasteiger partial charge in [0, 0.05) is 41.1 Å². The van der Waals surface area contributed by atoms with Gasteiger partial charge >= 0.3 is 0 Å². The van der Waals surface area contributed by atoms with Crippen molar-refractivity contribution in [1.29, 1.82) is 0 Å². The molecule has 3 N–H and O–H groups in total. The highest BCUT2D eigenvalue weighted by molar-refractivity contribution is 7.13. The van der Waals surface area contributed by atoms with Crippen molar-refractivity contribution in [2.75, 3.05) is 6.54 Å². The number of imidazole rings is 1. The third kappa shape index (κ3) is 4.30. The Bertz CT molecular complexity index is 1680. The van der Waals surface area contributed by atoms with E-state index in [1.807, 2.05) is 36.8 Å². The lowest BCUT2D eigenvalue weighted by Crippen LogP contribution is -2.20. The molecule has 0 amide bonds. The second-order valence-electron chi connectivity index (χ2n) is 9.67. The number of fused-ring (bicyclic) bond motifs is 2. The highest BCUT2D eigenvalue weighted by Gasteiger charge is 2.18. The Labute approximate surface area is 217 Å². The first kappa shape index (κ1) is 22.3. The Balaban J connectivity index is 1.20. The largest absolute Gasteiger partial charge is 0.335 e. The lowest BCUT2D eigenvalue weighted by molar-refractivity contribution is 0.489. The molecule has 7 rings (SSSR count). The first-order valence-corrected chi connectivity index (χ1v) is 13.6. The van der Waals surface area contributed by atoms with E-state index in [0.717, 1.165) is 68.3 Å². The van der Waals surface area contributed by atoms with Crippen molar-refractivity contribution < 1.29 is 0 Å². The predicted octanol–water partition coefficient (Wildman–Crippen LogP) is 5.97. The van der Waals surface area contributed by atoms with Gasteiger partial charge in [-0.1, -0.05) is 18.9 Å². The number of nitrogens with one attached hydrogen (secondary N) is 3. The summed E-state index contributed by atoms with van der Waals surface area (Å²) in [5, 5.41) is 13.3. The monoisotopic (exact) mass is 506 g/mol. The second kappa shape index (κ2) is 9.49. The molecule has 8 nitrogen and oxygen atoms in total. The molecule has 6 aromatic heterocycles.